The van der Waals surface area contributed by atoms with Crippen LogP contribution in [-0.4, -0.2) is 44.8 Å². The molecule has 2 amide bonds. The van der Waals surface area contributed by atoms with Crippen LogP contribution < -0.4 is 9.62 Å². The van der Waals surface area contributed by atoms with E-state index in [1.807, 2.05) is 19.1 Å². The molecule has 3 rings (SSSR count). The van der Waals surface area contributed by atoms with Crippen molar-refractivity contribution in [3.63, 3.8) is 0 Å². The summed E-state index contributed by atoms with van der Waals surface area (Å²) in [6.45, 7) is 3.04. The fourth-order valence-electron chi connectivity index (χ4n) is 3.77. The maximum atomic E-state index is 13.7. The van der Waals surface area contributed by atoms with Crippen LogP contribution in [0.1, 0.15) is 25.0 Å². The van der Waals surface area contributed by atoms with Gasteiger partial charge in [0, 0.05) is 23.6 Å². The monoisotopic (exact) mass is 561 g/mol. The molecule has 0 aliphatic heterocycles. The first-order valence-corrected chi connectivity index (χ1v) is 13.9. The van der Waals surface area contributed by atoms with Crippen molar-refractivity contribution in [1.82, 2.24) is 10.2 Å². The minimum absolute atomic E-state index is 0.0164. The molecule has 7 nitrogen and oxygen atoms in total. The number of benzene rings is 3. The van der Waals surface area contributed by atoms with Gasteiger partial charge < -0.3 is 10.2 Å². The highest BCUT2D eigenvalue weighted by molar-refractivity contribution is 7.92. The number of halogens is 2. The number of hydrogen-bond acceptors (Lipinski definition) is 4. The number of nitrogens with one attached hydrogen (secondary N) is 1. The number of rotatable bonds is 10. The second-order valence-electron chi connectivity index (χ2n) is 8.39. The van der Waals surface area contributed by atoms with Crippen LogP contribution in [0.25, 0.3) is 0 Å². The first kappa shape index (κ1) is 28.5. The molecule has 0 spiro atoms. The normalized spacial score (nSPS) is 12.0. The molecule has 0 aliphatic rings. The van der Waals surface area contributed by atoms with Gasteiger partial charge in [-0.1, -0.05) is 66.5 Å². The molecule has 196 valence electrons. The molecule has 0 heterocycles. The van der Waals surface area contributed by atoms with Crippen molar-refractivity contribution in [1.29, 1.82) is 0 Å². The molecule has 37 heavy (non-hydrogen) atoms. The number of carbonyl (C=O) groups excluding carboxylic acids is 2. The predicted octanol–water partition coefficient (Wildman–Crippen LogP) is 4.91. The Balaban J connectivity index is 2.04. The SMILES string of the molecule is CCc1ccc(N(CC(=O)N(Cc2ccc(Cl)cc2Cl)[C@H](C)C(=O)NC)S(=O)(=O)c2ccccc2)cc1. The van der Waals surface area contributed by atoms with E-state index in [1.165, 1.54) is 24.1 Å². The molecule has 0 radical (unpaired) electrons. The average molecular weight is 563 g/mol. The molecule has 1 atom stereocenters. The second kappa shape index (κ2) is 12.4. The molecule has 3 aromatic rings. The lowest BCUT2D eigenvalue weighted by atomic mass is 10.1. The van der Waals surface area contributed by atoms with E-state index in [1.54, 1.807) is 55.5 Å². The van der Waals surface area contributed by atoms with Crippen LogP contribution in [0.15, 0.2) is 77.7 Å². The van der Waals surface area contributed by atoms with Crippen molar-refractivity contribution in [2.45, 2.75) is 37.8 Å². The summed E-state index contributed by atoms with van der Waals surface area (Å²) in [4.78, 5) is 27.6. The summed E-state index contributed by atoms with van der Waals surface area (Å²) >= 11 is 12.4. The summed E-state index contributed by atoms with van der Waals surface area (Å²) in [5.74, 6) is -0.968. The summed E-state index contributed by atoms with van der Waals surface area (Å²) < 4.78 is 28.5. The third-order valence-corrected chi connectivity index (χ3v) is 8.39. The van der Waals surface area contributed by atoms with Gasteiger partial charge in [0.1, 0.15) is 12.6 Å². The number of anilines is 1. The maximum Gasteiger partial charge on any atom is 0.264 e. The minimum atomic E-state index is -4.10. The largest absolute Gasteiger partial charge is 0.357 e. The van der Waals surface area contributed by atoms with E-state index in [-0.39, 0.29) is 11.4 Å². The summed E-state index contributed by atoms with van der Waals surface area (Å²) in [6.07, 6.45) is 0.782. The summed E-state index contributed by atoms with van der Waals surface area (Å²) in [5, 5.41) is 3.31. The molecule has 0 saturated carbocycles. The number of aryl methyl sites for hydroxylation is 1. The van der Waals surface area contributed by atoms with Crippen LogP contribution in [0.3, 0.4) is 0 Å². The van der Waals surface area contributed by atoms with Crippen LogP contribution in [0, 0.1) is 0 Å². The average Bonchev–Trinajstić information content (AvgIpc) is 2.90. The van der Waals surface area contributed by atoms with E-state index in [9.17, 15) is 18.0 Å². The molecule has 0 unspecified atom stereocenters. The minimum Gasteiger partial charge on any atom is -0.357 e. The second-order valence-corrected chi connectivity index (χ2v) is 11.1. The van der Waals surface area contributed by atoms with E-state index in [0.717, 1.165) is 16.3 Å². The van der Waals surface area contributed by atoms with Gasteiger partial charge in [-0.05, 0) is 60.9 Å². The first-order chi connectivity index (χ1) is 17.6. The van der Waals surface area contributed by atoms with E-state index < -0.39 is 34.4 Å². The third kappa shape index (κ3) is 6.83. The standard InChI is InChI=1S/C27H29Cl2N3O4S/c1-4-20-10-14-23(15-11-20)32(37(35,36)24-8-6-5-7-9-24)18-26(33)31(19(2)27(34)30-3)17-21-12-13-22(28)16-25(21)29/h5-16,19H,4,17-18H2,1-3H3,(H,30,34)/t19-/m1/s1. The Morgan fingerprint density at radius 1 is 0.973 bits per heavy atom. The van der Waals surface area contributed by atoms with Gasteiger partial charge in [0.15, 0.2) is 0 Å². The van der Waals surface area contributed by atoms with E-state index in [4.69, 9.17) is 23.2 Å². The van der Waals surface area contributed by atoms with E-state index in [0.29, 0.717) is 21.3 Å². The van der Waals surface area contributed by atoms with Gasteiger partial charge >= 0.3 is 0 Å². The highest BCUT2D eigenvalue weighted by Crippen LogP contribution is 2.26. The van der Waals surface area contributed by atoms with Gasteiger partial charge in [0.25, 0.3) is 10.0 Å². The van der Waals surface area contributed by atoms with Gasteiger partial charge in [-0.15, -0.1) is 0 Å². The Morgan fingerprint density at radius 3 is 2.19 bits per heavy atom. The smallest absolute Gasteiger partial charge is 0.264 e. The fourth-order valence-corrected chi connectivity index (χ4v) is 5.67. The Morgan fingerprint density at radius 2 is 1.62 bits per heavy atom. The Labute approximate surface area is 228 Å². The van der Waals surface area contributed by atoms with Crippen molar-refractivity contribution in [2.24, 2.45) is 0 Å². The zero-order chi connectivity index (χ0) is 27.2. The summed E-state index contributed by atoms with van der Waals surface area (Å²) in [5.41, 5.74) is 1.94. The predicted molar refractivity (Wildman–Crippen MR) is 147 cm³/mol. The van der Waals surface area contributed by atoms with E-state index in [2.05, 4.69) is 5.32 Å². The zero-order valence-corrected chi connectivity index (χ0v) is 23.1. The third-order valence-electron chi connectivity index (χ3n) is 6.01. The van der Waals surface area contributed by atoms with Gasteiger partial charge in [-0.3, -0.25) is 13.9 Å². The molecule has 0 saturated heterocycles. The molecular weight excluding hydrogens is 533 g/mol. The van der Waals surface area contributed by atoms with Gasteiger partial charge in [-0.2, -0.15) is 0 Å². The van der Waals surface area contributed by atoms with Crippen LogP contribution in [0.2, 0.25) is 10.0 Å². The molecule has 0 fully saturated rings. The summed E-state index contributed by atoms with van der Waals surface area (Å²) in [6, 6.07) is 18.9. The molecule has 1 N–H and O–H groups in total. The highest BCUT2D eigenvalue weighted by Gasteiger charge is 2.32. The van der Waals surface area contributed by atoms with Crippen LogP contribution in [-0.2, 0) is 32.6 Å². The Bertz CT molecular complexity index is 1350. The number of sulfonamides is 1. The van der Waals surface area contributed by atoms with E-state index >= 15 is 0 Å². The molecule has 10 heteroatoms. The number of nitrogens with zero attached hydrogens (tertiary/aromatic N) is 2. The fraction of sp³-hybridized carbons (Fsp3) is 0.259. The summed E-state index contributed by atoms with van der Waals surface area (Å²) in [7, 11) is -2.63. The lowest BCUT2D eigenvalue weighted by molar-refractivity contribution is -0.139. The molecule has 3 aromatic carbocycles. The first-order valence-electron chi connectivity index (χ1n) is 11.7. The number of carbonyl (C=O) groups is 2. The molecular formula is C27H29Cl2N3O4S. The highest BCUT2D eigenvalue weighted by atomic mass is 35.5. The lowest BCUT2D eigenvalue weighted by Crippen LogP contribution is -2.50. The Kier molecular flexibility index (Phi) is 9.59. The van der Waals surface area contributed by atoms with Crippen LogP contribution >= 0.6 is 23.2 Å². The van der Waals surface area contributed by atoms with Crippen LogP contribution in [0.4, 0.5) is 5.69 Å². The Hall–Kier alpha value is -3.07. The zero-order valence-electron chi connectivity index (χ0n) is 20.8. The maximum absolute atomic E-state index is 13.7. The van der Waals surface area contributed by atoms with Crippen molar-refractivity contribution in [3.8, 4) is 0 Å². The van der Waals surface area contributed by atoms with Gasteiger partial charge in [0.05, 0.1) is 10.6 Å². The topological polar surface area (TPSA) is 86.8 Å². The molecule has 0 aliphatic carbocycles. The number of amides is 2. The lowest BCUT2D eigenvalue weighted by Gasteiger charge is -2.32. The molecule has 0 aromatic heterocycles. The van der Waals surface area contributed by atoms with Crippen molar-refractivity contribution in [2.75, 3.05) is 17.9 Å². The van der Waals surface area contributed by atoms with Crippen molar-refractivity contribution in [3.05, 3.63) is 94.0 Å². The number of hydrogen-bond donors (Lipinski definition) is 1. The van der Waals surface area contributed by atoms with Crippen molar-refractivity contribution >= 4 is 50.7 Å². The molecule has 0 bridgehead atoms. The number of likely N-dealkylation sites (N-methyl/N-ethyl adjacent to an activating group) is 1. The van der Waals surface area contributed by atoms with Crippen LogP contribution in [0.5, 0.6) is 0 Å². The van der Waals surface area contributed by atoms with Crippen molar-refractivity contribution < 1.29 is 18.0 Å². The quantitative estimate of drug-likeness (QED) is 0.380. The van der Waals surface area contributed by atoms with Gasteiger partial charge in [-0.25, -0.2) is 8.42 Å². The van der Waals surface area contributed by atoms with Gasteiger partial charge in [0.2, 0.25) is 11.8 Å².